The predicted octanol–water partition coefficient (Wildman–Crippen LogP) is 12.1. The molecule has 0 aromatic carbocycles. The molecule has 12 N–H and O–H groups in total. The van der Waals surface area contributed by atoms with E-state index in [1.807, 2.05) is 6.08 Å². The van der Waals surface area contributed by atoms with Gasteiger partial charge in [0.1, 0.15) is 73.2 Å². The molecule has 100 heavy (non-hydrogen) atoms. The molecule has 0 radical (unpaired) electrons. The predicted molar refractivity (Wildman–Crippen MR) is 396 cm³/mol. The summed E-state index contributed by atoms with van der Waals surface area (Å²) in [5.74, 6) is -0.295. The first-order valence-corrected chi connectivity index (χ1v) is 38.4. The molecule has 3 saturated heterocycles. The molecule has 0 bridgehead atoms. The Morgan fingerprint density at radius 1 is 0.370 bits per heavy atom. The fourth-order valence-corrected chi connectivity index (χ4v) is 12.0. The van der Waals surface area contributed by atoms with Gasteiger partial charge < -0.3 is 89.9 Å². The highest BCUT2D eigenvalue weighted by Gasteiger charge is 2.53. The van der Waals surface area contributed by atoms with Crippen molar-refractivity contribution >= 4 is 5.91 Å². The van der Waals surface area contributed by atoms with Gasteiger partial charge in [0.15, 0.2) is 18.9 Å². The van der Waals surface area contributed by atoms with E-state index < -0.39 is 124 Å². The molecule has 0 aromatic rings. The number of hydrogen-bond acceptors (Lipinski definition) is 18. The Hall–Kier alpha value is -4.07. The van der Waals surface area contributed by atoms with E-state index in [4.69, 9.17) is 28.4 Å². The number of ether oxygens (including phenoxy) is 6. The number of hydrogen-bond donors (Lipinski definition) is 12. The summed E-state index contributed by atoms with van der Waals surface area (Å²) in [4.78, 5) is 13.4. The van der Waals surface area contributed by atoms with Crippen molar-refractivity contribution < 1.29 is 89.4 Å². The Bertz CT molecular complexity index is 2330. The quantitative estimate of drug-likeness (QED) is 0.0199. The molecule has 17 atom stereocenters. The number of aliphatic hydroxyl groups is 11. The second-order valence-corrected chi connectivity index (χ2v) is 26.7. The van der Waals surface area contributed by atoms with Crippen LogP contribution in [0.15, 0.2) is 134 Å². The van der Waals surface area contributed by atoms with Crippen molar-refractivity contribution in [3.8, 4) is 0 Å². The van der Waals surface area contributed by atoms with Gasteiger partial charge in [0.2, 0.25) is 5.91 Å². The van der Waals surface area contributed by atoms with E-state index in [1.165, 1.54) is 83.5 Å². The molecular formula is C81H135NO18. The van der Waals surface area contributed by atoms with Gasteiger partial charge in [-0.2, -0.15) is 0 Å². The van der Waals surface area contributed by atoms with Crippen molar-refractivity contribution in [3.05, 3.63) is 134 Å². The minimum Gasteiger partial charge on any atom is -0.394 e. The molecule has 0 aromatic heterocycles. The van der Waals surface area contributed by atoms with Crippen LogP contribution in [0, 0.1) is 0 Å². The molecule has 3 fully saturated rings. The van der Waals surface area contributed by atoms with Crippen molar-refractivity contribution in [2.45, 2.75) is 343 Å². The van der Waals surface area contributed by atoms with Crippen LogP contribution in [0.2, 0.25) is 0 Å². The maximum Gasteiger partial charge on any atom is 0.220 e. The van der Waals surface area contributed by atoms with Gasteiger partial charge in [-0.3, -0.25) is 4.79 Å². The first kappa shape index (κ1) is 90.1. The average Bonchev–Trinajstić information content (AvgIpc) is 0.783. The average molecular weight is 1410 g/mol. The summed E-state index contributed by atoms with van der Waals surface area (Å²) in [6, 6.07) is -0.992. The van der Waals surface area contributed by atoms with Crippen molar-refractivity contribution in [1.29, 1.82) is 0 Å². The Labute approximate surface area is 600 Å². The number of nitrogens with one attached hydrogen (secondary N) is 1. The molecule has 19 nitrogen and oxygen atoms in total. The SMILES string of the molecule is CC/C=C\C/C=C\C/C=C\C/C=C\C/C=C\C/C=C\C/C=C\C/C=C\C/C=C\C/C=C\CCCCCCCCC(=O)NC(COC1OC(CO)C(OC2OC(CO)C(OC3OC(CO)C(O)C(O)C3O)C(O)C2O)C(O)C1O)C(O)/C=C/CCCCCCCCCCCCCCCCCC. The van der Waals surface area contributed by atoms with Crippen molar-refractivity contribution in [3.63, 3.8) is 0 Å². The first-order chi connectivity index (χ1) is 48.8. The van der Waals surface area contributed by atoms with Crippen LogP contribution in [0.3, 0.4) is 0 Å². The minimum atomic E-state index is -1.99. The first-order valence-electron chi connectivity index (χ1n) is 38.4. The van der Waals surface area contributed by atoms with E-state index >= 15 is 0 Å². The van der Waals surface area contributed by atoms with Crippen LogP contribution < -0.4 is 5.32 Å². The molecule has 0 saturated carbocycles. The molecule has 3 heterocycles. The third-order valence-corrected chi connectivity index (χ3v) is 18.2. The zero-order valence-electron chi connectivity index (χ0n) is 60.9. The lowest BCUT2D eigenvalue weighted by Crippen LogP contribution is -2.66. The largest absolute Gasteiger partial charge is 0.394 e. The van der Waals surface area contributed by atoms with Gasteiger partial charge in [-0.05, 0) is 96.3 Å². The summed E-state index contributed by atoms with van der Waals surface area (Å²) < 4.78 is 34.4. The van der Waals surface area contributed by atoms with Gasteiger partial charge in [0.25, 0.3) is 0 Å². The second-order valence-electron chi connectivity index (χ2n) is 26.7. The highest BCUT2D eigenvalue weighted by molar-refractivity contribution is 5.76. The molecule has 17 unspecified atom stereocenters. The number of carbonyl (C=O) groups is 1. The summed E-state index contributed by atoms with van der Waals surface area (Å²) >= 11 is 0. The third kappa shape index (κ3) is 40.3. The lowest BCUT2D eigenvalue weighted by atomic mass is 9.96. The Morgan fingerprint density at radius 2 is 0.690 bits per heavy atom. The molecule has 19 heteroatoms. The molecule has 3 aliphatic heterocycles. The molecule has 572 valence electrons. The fraction of sp³-hybridized carbons (Fsp3) is 0.716. The lowest BCUT2D eigenvalue weighted by Gasteiger charge is -2.48. The van der Waals surface area contributed by atoms with E-state index in [2.05, 4.69) is 141 Å². The topological polar surface area (TPSA) is 307 Å². The summed E-state index contributed by atoms with van der Waals surface area (Å²) in [6.07, 6.45) is 58.5. The van der Waals surface area contributed by atoms with Gasteiger partial charge in [-0.15, -0.1) is 0 Å². The van der Waals surface area contributed by atoms with Crippen molar-refractivity contribution in [2.24, 2.45) is 0 Å². The van der Waals surface area contributed by atoms with Crippen LogP contribution in [0.1, 0.15) is 239 Å². The zero-order valence-corrected chi connectivity index (χ0v) is 60.9. The normalized spacial score (nSPS) is 27.2. The number of amides is 1. The molecule has 0 aliphatic carbocycles. The van der Waals surface area contributed by atoms with Crippen LogP contribution in [-0.2, 0) is 33.2 Å². The molecule has 1 amide bonds. The van der Waals surface area contributed by atoms with Crippen LogP contribution >= 0.6 is 0 Å². The summed E-state index contributed by atoms with van der Waals surface area (Å²) in [7, 11) is 0. The maximum atomic E-state index is 13.4. The number of aliphatic hydroxyl groups excluding tert-OH is 11. The van der Waals surface area contributed by atoms with E-state index in [9.17, 15) is 61.0 Å². The minimum absolute atomic E-state index is 0.218. The highest BCUT2D eigenvalue weighted by Crippen LogP contribution is 2.33. The van der Waals surface area contributed by atoms with Crippen LogP contribution in [0.5, 0.6) is 0 Å². The summed E-state index contributed by atoms with van der Waals surface area (Å²) in [5, 5.41) is 121. The van der Waals surface area contributed by atoms with Crippen LogP contribution in [0.25, 0.3) is 0 Å². The van der Waals surface area contributed by atoms with E-state index in [-0.39, 0.29) is 18.9 Å². The van der Waals surface area contributed by atoms with E-state index in [0.29, 0.717) is 6.42 Å². The van der Waals surface area contributed by atoms with Gasteiger partial charge in [-0.25, -0.2) is 0 Å². The Morgan fingerprint density at radius 3 is 1.08 bits per heavy atom. The molecular weight excluding hydrogens is 1270 g/mol. The van der Waals surface area contributed by atoms with Crippen molar-refractivity contribution in [1.82, 2.24) is 5.32 Å². The van der Waals surface area contributed by atoms with Gasteiger partial charge in [-0.1, -0.05) is 270 Å². The number of allylic oxidation sites excluding steroid dienone is 21. The van der Waals surface area contributed by atoms with Gasteiger partial charge >= 0.3 is 0 Å². The zero-order chi connectivity index (χ0) is 72.5. The van der Waals surface area contributed by atoms with Gasteiger partial charge in [0, 0.05) is 6.42 Å². The molecule has 3 rings (SSSR count). The monoisotopic (exact) mass is 1410 g/mol. The number of rotatable bonds is 58. The third-order valence-electron chi connectivity index (χ3n) is 18.2. The van der Waals surface area contributed by atoms with Gasteiger partial charge in [0.05, 0.1) is 38.6 Å². The fourth-order valence-electron chi connectivity index (χ4n) is 12.0. The molecule has 0 spiro atoms. The Balaban J connectivity index is 1.38. The standard InChI is InChI=1S/C81H135NO18/c1-3-5-7-9-11-13-15-17-19-21-23-24-25-26-27-28-29-30-31-32-33-34-35-36-37-38-39-40-41-43-45-47-49-51-53-55-57-59-69(87)82-64(65(86)58-56-54-52-50-48-46-44-42-22-20-18-16-14-12-10-8-6-4-2)63-95-79-75(93)72(90)77(67(61-84)97-79)100-81-76(94)73(91)78(68(62-85)98-81)99-80-74(92)71(89)70(88)66(60-83)96-80/h5,7,11,13,17,19,23-24,26-27,29-30,32-33,35-36,38-39,41,43,56,58,64-68,70-81,83-86,88-94H,3-4,6,8-10,12,14-16,18,20-22,25,28,31,34,37,40,42,44-55,57,59-63H2,1-2H3,(H,82,87)/b7-5-,13-11-,19-17-,24-23-,27-26-,30-29-,33-32-,36-35-,39-38-,43-41-,58-56+. The second kappa shape index (κ2) is 60.2. The summed E-state index contributed by atoms with van der Waals surface area (Å²) in [5.41, 5.74) is 0. The number of unbranched alkanes of at least 4 members (excludes halogenated alkanes) is 22. The Kier molecular flexibility index (Phi) is 54.3. The number of carbonyl (C=O) groups excluding carboxylic acids is 1. The highest BCUT2D eigenvalue weighted by atomic mass is 16.8. The van der Waals surface area contributed by atoms with E-state index in [1.54, 1.807) is 6.08 Å². The van der Waals surface area contributed by atoms with E-state index in [0.717, 1.165) is 128 Å². The smallest absolute Gasteiger partial charge is 0.220 e. The lowest BCUT2D eigenvalue weighted by molar-refractivity contribution is -0.379. The van der Waals surface area contributed by atoms with Crippen molar-refractivity contribution in [2.75, 3.05) is 26.4 Å². The van der Waals surface area contributed by atoms with Crippen LogP contribution in [-0.4, -0.2) is 193 Å². The maximum absolute atomic E-state index is 13.4. The molecule has 3 aliphatic rings. The van der Waals surface area contributed by atoms with Crippen LogP contribution in [0.4, 0.5) is 0 Å². The summed E-state index contributed by atoms with van der Waals surface area (Å²) in [6.45, 7) is 1.60.